The van der Waals surface area contributed by atoms with Gasteiger partial charge < -0.3 is 9.73 Å². The van der Waals surface area contributed by atoms with E-state index < -0.39 is 5.54 Å². The van der Waals surface area contributed by atoms with E-state index in [9.17, 15) is 9.59 Å². The molecule has 1 aromatic rings. The van der Waals surface area contributed by atoms with Crippen molar-refractivity contribution in [1.82, 2.24) is 15.1 Å². The number of nitrogens with one attached hydrogen (secondary N) is 1. The Morgan fingerprint density at radius 1 is 1.39 bits per heavy atom. The fourth-order valence-electron chi connectivity index (χ4n) is 5.15. The zero-order valence-electron chi connectivity index (χ0n) is 13.2. The van der Waals surface area contributed by atoms with Gasteiger partial charge in [0.05, 0.1) is 12.3 Å². The molecule has 1 N–H and O–H groups in total. The van der Waals surface area contributed by atoms with Crippen molar-refractivity contribution >= 4 is 11.9 Å². The fourth-order valence-corrected chi connectivity index (χ4v) is 5.15. The van der Waals surface area contributed by atoms with E-state index in [-0.39, 0.29) is 35.9 Å². The summed E-state index contributed by atoms with van der Waals surface area (Å²) in [6.07, 6.45) is 4.48. The Bertz CT molecular complexity index is 669. The van der Waals surface area contributed by atoms with Crippen LogP contribution in [0.1, 0.15) is 38.0 Å². The van der Waals surface area contributed by atoms with Gasteiger partial charge in [-0.15, -0.1) is 0 Å². The lowest BCUT2D eigenvalue weighted by molar-refractivity contribution is -0.133. The SMILES string of the molecule is CC[C@H]1[C@H](c2ccco2)N2C(=O)N(C3CC3)C(=O)[C@@]23CNC[C@@H]13. The molecule has 0 radical (unpaired) electrons. The maximum atomic E-state index is 13.3. The summed E-state index contributed by atoms with van der Waals surface area (Å²) < 4.78 is 5.67. The third-order valence-electron chi connectivity index (χ3n) is 6.22. The van der Waals surface area contributed by atoms with Crippen LogP contribution in [-0.2, 0) is 4.79 Å². The topological polar surface area (TPSA) is 65.8 Å². The van der Waals surface area contributed by atoms with Crippen molar-refractivity contribution in [2.24, 2.45) is 11.8 Å². The number of rotatable bonds is 3. The molecule has 0 unspecified atom stereocenters. The van der Waals surface area contributed by atoms with E-state index in [1.54, 1.807) is 11.2 Å². The van der Waals surface area contributed by atoms with E-state index in [1.807, 2.05) is 17.0 Å². The zero-order valence-corrected chi connectivity index (χ0v) is 13.2. The molecule has 1 aliphatic carbocycles. The van der Waals surface area contributed by atoms with Gasteiger partial charge in [-0.1, -0.05) is 13.3 Å². The number of imide groups is 1. The molecule has 1 aromatic heterocycles. The molecule has 23 heavy (non-hydrogen) atoms. The molecule has 6 heteroatoms. The van der Waals surface area contributed by atoms with Crippen molar-refractivity contribution in [2.45, 2.75) is 43.8 Å². The van der Waals surface area contributed by atoms with Gasteiger partial charge in [-0.3, -0.25) is 14.6 Å². The van der Waals surface area contributed by atoms with Crippen LogP contribution in [-0.4, -0.2) is 46.4 Å². The first-order valence-electron chi connectivity index (χ1n) is 8.61. The van der Waals surface area contributed by atoms with E-state index in [0.29, 0.717) is 6.54 Å². The Morgan fingerprint density at radius 3 is 2.87 bits per heavy atom. The van der Waals surface area contributed by atoms with Gasteiger partial charge in [0.2, 0.25) is 0 Å². The van der Waals surface area contributed by atoms with Gasteiger partial charge >= 0.3 is 6.03 Å². The molecule has 4 heterocycles. The molecule has 1 saturated carbocycles. The lowest BCUT2D eigenvalue weighted by Gasteiger charge is -2.29. The monoisotopic (exact) mass is 315 g/mol. The van der Waals surface area contributed by atoms with Crippen LogP contribution in [0.5, 0.6) is 0 Å². The van der Waals surface area contributed by atoms with E-state index in [0.717, 1.165) is 31.6 Å². The summed E-state index contributed by atoms with van der Waals surface area (Å²) in [6, 6.07) is 3.69. The quantitative estimate of drug-likeness (QED) is 0.863. The molecular formula is C17H21N3O3. The Kier molecular flexibility index (Phi) is 2.59. The van der Waals surface area contributed by atoms with Crippen LogP contribution in [0.25, 0.3) is 0 Å². The maximum absolute atomic E-state index is 13.3. The van der Waals surface area contributed by atoms with Gasteiger partial charge in [0.25, 0.3) is 5.91 Å². The van der Waals surface area contributed by atoms with E-state index in [1.165, 1.54) is 0 Å². The van der Waals surface area contributed by atoms with E-state index >= 15 is 0 Å². The van der Waals surface area contributed by atoms with Crippen molar-refractivity contribution in [3.8, 4) is 0 Å². The largest absolute Gasteiger partial charge is 0.467 e. The molecule has 122 valence electrons. The number of hydrogen-bond donors (Lipinski definition) is 1. The molecule has 0 aromatic carbocycles. The van der Waals surface area contributed by atoms with Crippen LogP contribution >= 0.6 is 0 Å². The molecular weight excluding hydrogens is 294 g/mol. The van der Waals surface area contributed by atoms with Crippen molar-refractivity contribution in [1.29, 1.82) is 0 Å². The van der Waals surface area contributed by atoms with Crippen LogP contribution in [0.2, 0.25) is 0 Å². The Balaban J connectivity index is 1.67. The molecule has 3 aliphatic heterocycles. The Hall–Kier alpha value is -1.82. The van der Waals surface area contributed by atoms with Gasteiger partial charge in [-0.2, -0.15) is 0 Å². The Labute approximate surface area is 134 Å². The maximum Gasteiger partial charge on any atom is 0.328 e. The predicted octanol–water partition coefficient (Wildman–Crippen LogP) is 1.75. The first kappa shape index (κ1) is 13.6. The normalized spacial score (nSPS) is 39.3. The summed E-state index contributed by atoms with van der Waals surface area (Å²) >= 11 is 0. The highest BCUT2D eigenvalue weighted by atomic mass is 16.3. The second-order valence-electron chi connectivity index (χ2n) is 7.25. The average Bonchev–Trinajstić information content (AvgIpc) is 2.94. The third-order valence-corrected chi connectivity index (χ3v) is 6.22. The molecule has 3 amide bonds. The van der Waals surface area contributed by atoms with Gasteiger partial charge in [-0.05, 0) is 30.9 Å². The van der Waals surface area contributed by atoms with Crippen molar-refractivity contribution in [2.75, 3.05) is 13.1 Å². The minimum Gasteiger partial charge on any atom is -0.467 e. The molecule has 3 saturated heterocycles. The summed E-state index contributed by atoms with van der Waals surface area (Å²) in [6.45, 7) is 3.51. The smallest absolute Gasteiger partial charge is 0.328 e. The fraction of sp³-hybridized carbons (Fsp3) is 0.647. The zero-order chi connectivity index (χ0) is 15.8. The lowest BCUT2D eigenvalue weighted by atomic mass is 9.79. The number of carbonyl (C=O) groups is 2. The molecule has 6 nitrogen and oxygen atoms in total. The lowest BCUT2D eigenvalue weighted by Crippen LogP contribution is -2.51. The molecule has 5 rings (SSSR count). The van der Waals surface area contributed by atoms with Gasteiger partial charge in [0.15, 0.2) is 0 Å². The summed E-state index contributed by atoms with van der Waals surface area (Å²) in [5.41, 5.74) is -0.697. The third kappa shape index (κ3) is 1.48. The summed E-state index contributed by atoms with van der Waals surface area (Å²) in [4.78, 5) is 29.8. The molecule has 0 bridgehead atoms. The van der Waals surface area contributed by atoms with Crippen LogP contribution in [0, 0.1) is 11.8 Å². The number of carbonyl (C=O) groups excluding carboxylic acids is 2. The highest BCUT2D eigenvalue weighted by molar-refractivity contribution is 6.09. The minimum atomic E-state index is -0.697. The van der Waals surface area contributed by atoms with Crippen molar-refractivity contribution < 1.29 is 14.0 Å². The average molecular weight is 315 g/mol. The number of amides is 3. The molecule has 4 aliphatic rings. The molecule has 1 spiro atoms. The molecule has 4 fully saturated rings. The van der Waals surface area contributed by atoms with Gasteiger partial charge in [0.1, 0.15) is 11.3 Å². The number of furan rings is 1. The van der Waals surface area contributed by atoms with Crippen molar-refractivity contribution in [3.05, 3.63) is 24.2 Å². The summed E-state index contributed by atoms with van der Waals surface area (Å²) in [7, 11) is 0. The van der Waals surface area contributed by atoms with Crippen LogP contribution < -0.4 is 5.32 Å². The first-order chi connectivity index (χ1) is 11.2. The minimum absolute atomic E-state index is 0.0208. The highest BCUT2D eigenvalue weighted by Crippen LogP contribution is 2.58. The second kappa shape index (κ2) is 4.38. The highest BCUT2D eigenvalue weighted by Gasteiger charge is 2.73. The van der Waals surface area contributed by atoms with E-state index in [4.69, 9.17) is 4.42 Å². The number of nitrogens with zero attached hydrogens (tertiary/aromatic N) is 2. The van der Waals surface area contributed by atoms with Crippen LogP contribution in [0.15, 0.2) is 22.8 Å². The van der Waals surface area contributed by atoms with Crippen molar-refractivity contribution in [3.63, 3.8) is 0 Å². The summed E-state index contributed by atoms with van der Waals surface area (Å²) in [5.74, 6) is 1.25. The second-order valence-corrected chi connectivity index (χ2v) is 7.25. The van der Waals surface area contributed by atoms with Gasteiger partial charge in [-0.25, -0.2) is 4.79 Å². The predicted molar refractivity (Wildman–Crippen MR) is 81.4 cm³/mol. The molecule has 4 atom stereocenters. The van der Waals surface area contributed by atoms with Crippen LogP contribution in [0.4, 0.5) is 4.79 Å². The first-order valence-corrected chi connectivity index (χ1v) is 8.61. The number of urea groups is 1. The summed E-state index contributed by atoms with van der Waals surface area (Å²) in [5, 5.41) is 3.38. The van der Waals surface area contributed by atoms with Crippen LogP contribution in [0.3, 0.4) is 0 Å². The van der Waals surface area contributed by atoms with Gasteiger partial charge in [0, 0.05) is 25.0 Å². The number of hydrogen-bond acceptors (Lipinski definition) is 4. The standard InChI is InChI=1S/C17H21N3O3/c1-2-11-12-8-18-9-17(12)15(21)19(10-5-6-10)16(22)20(17)14(11)13-4-3-7-23-13/h3-4,7,10-12,14,18H,2,5-6,8-9H2,1H3/t11-,12+,14-,17+/m1/s1. The van der Waals surface area contributed by atoms with E-state index in [2.05, 4.69) is 12.2 Å². The Morgan fingerprint density at radius 2 is 2.22 bits per heavy atom.